The predicted molar refractivity (Wildman–Crippen MR) is 113 cm³/mol. The number of hydrogen-bond acceptors (Lipinski definition) is 4. The monoisotopic (exact) mass is 420 g/mol. The zero-order chi connectivity index (χ0) is 21.8. The van der Waals surface area contributed by atoms with Crippen molar-refractivity contribution in [1.82, 2.24) is 20.9 Å². The zero-order valence-corrected chi connectivity index (χ0v) is 17.0. The maximum atomic E-state index is 13.0. The average Bonchev–Trinajstić information content (AvgIpc) is 3.00. The second kappa shape index (κ2) is 8.59. The van der Waals surface area contributed by atoms with Gasteiger partial charge in [-0.15, -0.1) is 0 Å². The number of fused-ring (bicyclic) bond motifs is 1. The van der Waals surface area contributed by atoms with Crippen molar-refractivity contribution in [3.63, 3.8) is 0 Å². The molecule has 4 rings (SSSR count). The van der Waals surface area contributed by atoms with E-state index in [1.54, 1.807) is 0 Å². The first-order chi connectivity index (χ1) is 15.0. The van der Waals surface area contributed by atoms with Gasteiger partial charge in [-0.1, -0.05) is 54.6 Å². The molecule has 1 unspecified atom stereocenters. The van der Waals surface area contributed by atoms with Crippen LogP contribution >= 0.6 is 0 Å². The maximum absolute atomic E-state index is 13.0. The fraction of sp³-hybridized carbons (Fsp3) is 0.304. The average molecular weight is 420 g/mol. The molecule has 2 aromatic rings. The Labute approximate surface area is 180 Å². The van der Waals surface area contributed by atoms with Crippen molar-refractivity contribution in [1.29, 1.82) is 0 Å². The first-order valence-corrected chi connectivity index (χ1v) is 10.3. The van der Waals surface area contributed by atoms with Gasteiger partial charge in [0.25, 0.3) is 5.91 Å². The number of hydrogen-bond donors (Lipinski definition) is 3. The van der Waals surface area contributed by atoms with Crippen LogP contribution in [0.2, 0.25) is 0 Å². The highest BCUT2D eigenvalue weighted by Gasteiger charge is 2.52. The van der Waals surface area contributed by atoms with Crippen molar-refractivity contribution < 1.29 is 19.2 Å². The van der Waals surface area contributed by atoms with Gasteiger partial charge in [-0.05, 0) is 29.5 Å². The summed E-state index contributed by atoms with van der Waals surface area (Å²) in [5.41, 5.74) is 2.20. The summed E-state index contributed by atoms with van der Waals surface area (Å²) >= 11 is 0. The van der Waals surface area contributed by atoms with Crippen molar-refractivity contribution in [2.45, 2.75) is 37.8 Å². The van der Waals surface area contributed by atoms with Crippen LogP contribution in [-0.2, 0) is 29.0 Å². The topological polar surface area (TPSA) is 108 Å². The van der Waals surface area contributed by atoms with Crippen molar-refractivity contribution in [2.75, 3.05) is 6.54 Å². The molecular formula is C23H24N4O4. The SMILES string of the molecule is O=C(CCN1C(=O)NC2(CCc3ccccc3C2)C1=O)NC(=O)NCc1ccccc1. The molecule has 1 atom stereocenters. The Morgan fingerprint density at radius 3 is 2.48 bits per heavy atom. The first kappa shape index (κ1) is 20.6. The van der Waals surface area contributed by atoms with Gasteiger partial charge in [-0.2, -0.15) is 0 Å². The quantitative estimate of drug-likeness (QED) is 0.642. The summed E-state index contributed by atoms with van der Waals surface area (Å²) in [6.07, 6.45) is 1.53. The molecule has 0 aromatic heterocycles. The number of nitrogens with zero attached hydrogens (tertiary/aromatic N) is 1. The first-order valence-electron chi connectivity index (χ1n) is 10.3. The Bertz CT molecular complexity index is 1020. The Hall–Kier alpha value is -3.68. The van der Waals surface area contributed by atoms with Crippen molar-refractivity contribution >= 4 is 23.9 Å². The summed E-state index contributed by atoms with van der Waals surface area (Å²) in [5.74, 6) is -0.866. The molecule has 6 amide bonds. The van der Waals surface area contributed by atoms with E-state index in [0.29, 0.717) is 19.3 Å². The number of rotatable bonds is 5. The Morgan fingerprint density at radius 1 is 1.00 bits per heavy atom. The number of benzene rings is 2. The van der Waals surface area contributed by atoms with Gasteiger partial charge >= 0.3 is 12.1 Å². The van der Waals surface area contributed by atoms with Crippen molar-refractivity contribution in [2.24, 2.45) is 0 Å². The van der Waals surface area contributed by atoms with Crippen LogP contribution < -0.4 is 16.0 Å². The zero-order valence-electron chi connectivity index (χ0n) is 17.0. The highest BCUT2D eigenvalue weighted by atomic mass is 16.2. The van der Waals surface area contributed by atoms with Crippen LogP contribution in [0.4, 0.5) is 9.59 Å². The standard InChI is InChI=1S/C23H24N4O4/c28-19(25-21(30)24-15-16-6-2-1-3-7-16)11-13-27-20(29)23(26-22(27)31)12-10-17-8-4-5-9-18(17)14-23/h1-9H,10-15H2,(H,26,31)(H2,24,25,28,30). The molecule has 1 heterocycles. The lowest BCUT2D eigenvalue weighted by Crippen LogP contribution is -2.51. The summed E-state index contributed by atoms with van der Waals surface area (Å²) in [6.45, 7) is 0.211. The molecule has 160 valence electrons. The van der Waals surface area contributed by atoms with Gasteiger partial charge in [-0.3, -0.25) is 19.8 Å². The Kier molecular flexibility index (Phi) is 5.70. The molecule has 1 spiro atoms. The number of nitrogens with one attached hydrogen (secondary N) is 3. The molecule has 0 saturated carbocycles. The molecule has 2 aliphatic rings. The van der Waals surface area contributed by atoms with E-state index in [1.807, 2.05) is 54.6 Å². The van der Waals surface area contributed by atoms with Gasteiger partial charge in [0.15, 0.2) is 0 Å². The number of aryl methyl sites for hydroxylation is 1. The second-order valence-corrected chi connectivity index (χ2v) is 7.88. The summed E-state index contributed by atoms with van der Waals surface area (Å²) in [4.78, 5) is 50.6. The van der Waals surface area contributed by atoms with Crippen LogP contribution in [0.15, 0.2) is 54.6 Å². The van der Waals surface area contributed by atoms with Crippen LogP contribution in [0.25, 0.3) is 0 Å². The Balaban J connectivity index is 1.29. The van der Waals surface area contributed by atoms with Gasteiger partial charge in [0.2, 0.25) is 5.91 Å². The van der Waals surface area contributed by atoms with E-state index in [2.05, 4.69) is 16.0 Å². The molecule has 8 nitrogen and oxygen atoms in total. The highest BCUT2D eigenvalue weighted by molar-refractivity contribution is 6.07. The number of carbonyl (C=O) groups excluding carboxylic acids is 4. The largest absolute Gasteiger partial charge is 0.334 e. The summed E-state index contributed by atoms with van der Waals surface area (Å²) < 4.78 is 0. The third-order valence-electron chi connectivity index (χ3n) is 5.79. The fourth-order valence-corrected chi connectivity index (χ4v) is 4.13. The molecule has 1 aliphatic carbocycles. The third-order valence-corrected chi connectivity index (χ3v) is 5.79. The van der Waals surface area contributed by atoms with Crippen LogP contribution in [-0.4, -0.2) is 40.9 Å². The highest BCUT2D eigenvalue weighted by Crippen LogP contribution is 2.33. The molecule has 0 radical (unpaired) electrons. The van der Waals surface area contributed by atoms with Crippen LogP contribution in [0, 0.1) is 0 Å². The molecule has 1 aliphatic heterocycles. The molecular weight excluding hydrogens is 396 g/mol. The molecule has 8 heteroatoms. The van der Waals surface area contributed by atoms with Crippen LogP contribution in [0.5, 0.6) is 0 Å². The smallest absolute Gasteiger partial charge is 0.325 e. The van der Waals surface area contributed by atoms with Gasteiger partial charge in [0.05, 0.1) is 0 Å². The number of amides is 6. The minimum absolute atomic E-state index is 0.0775. The Morgan fingerprint density at radius 2 is 1.71 bits per heavy atom. The minimum atomic E-state index is -0.949. The number of urea groups is 2. The predicted octanol–water partition coefficient (Wildman–Crippen LogP) is 1.88. The molecule has 1 saturated heterocycles. The molecule has 1 fully saturated rings. The molecule has 31 heavy (non-hydrogen) atoms. The van der Waals surface area contributed by atoms with E-state index >= 15 is 0 Å². The van der Waals surface area contributed by atoms with Crippen molar-refractivity contribution in [3.8, 4) is 0 Å². The van der Waals surface area contributed by atoms with E-state index in [4.69, 9.17) is 0 Å². The van der Waals surface area contributed by atoms with Gasteiger partial charge in [0, 0.05) is 25.9 Å². The summed E-state index contributed by atoms with van der Waals surface area (Å²) in [5, 5.41) is 7.67. The van der Waals surface area contributed by atoms with Gasteiger partial charge in [-0.25, -0.2) is 9.59 Å². The minimum Gasteiger partial charge on any atom is -0.334 e. The van der Waals surface area contributed by atoms with Crippen LogP contribution in [0.3, 0.4) is 0 Å². The van der Waals surface area contributed by atoms with Crippen LogP contribution in [0.1, 0.15) is 29.5 Å². The normalized spacial score (nSPS) is 19.7. The fourth-order valence-electron chi connectivity index (χ4n) is 4.13. The lowest BCUT2D eigenvalue weighted by Gasteiger charge is -2.32. The van der Waals surface area contributed by atoms with E-state index in [-0.39, 0.29) is 25.4 Å². The van der Waals surface area contributed by atoms with Gasteiger partial charge in [0.1, 0.15) is 5.54 Å². The maximum Gasteiger partial charge on any atom is 0.325 e. The molecule has 3 N–H and O–H groups in total. The second-order valence-electron chi connectivity index (χ2n) is 7.88. The molecule has 0 bridgehead atoms. The summed E-state index contributed by atoms with van der Waals surface area (Å²) in [6, 6.07) is 16.1. The third kappa shape index (κ3) is 4.42. The summed E-state index contributed by atoms with van der Waals surface area (Å²) in [7, 11) is 0. The van der Waals surface area contributed by atoms with E-state index in [0.717, 1.165) is 16.0 Å². The lowest BCUT2D eigenvalue weighted by molar-refractivity contribution is -0.132. The van der Waals surface area contributed by atoms with Gasteiger partial charge < -0.3 is 10.6 Å². The van der Waals surface area contributed by atoms with Crippen molar-refractivity contribution in [3.05, 3.63) is 71.3 Å². The van der Waals surface area contributed by atoms with E-state index in [9.17, 15) is 19.2 Å². The lowest BCUT2D eigenvalue weighted by atomic mass is 9.78. The van der Waals surface area contributed by atoms with E-state index < -0.39 is 23.5 Å². The van der Waals surface area contributed by atoms with E-state index in [1.165, 1.54) is 5.56 Å². The molecule has 2 aromatic carbocycles. The number of imide groups is 2. The number of carbonyl (C=O) groups is 4.